The van der Waals surface area contributed by atoms with Gasteiger partial charge in [-0.05, 0) is 24.3 Å². The quantitative estimate of drug-likeness (QED) is 0.464. The fraction of sp³-hybridized carbons (Fsp3) is 0. The zero-order valence-corrected chi connectivity index (χ0v) is 14.7. The molecule has 1 amide bonds. The van der Waals surface area contributed by atoms with Crippen LogP contribution in [0.3, 0.4) is 0 Å². The van der Waals surface area contributed by atoms with Gasteiger partial charge in [-0.3, -0.25) is 9.69 Å². The lowest BCUT2D eigenvalue weighted by molar-refractivity contribution is -0.113. The Morgan fingerprint density at radius 1 is 0.920 bits per heavy atom. The third kappa shape index (κ3) is 3.16. The van der Waals surface area contributed by atoms with Crippen LogP contribution in [0, 0.1) is 0 Å². The van der Waals surface area contributed by atoms with Crippen LogP contribution in [0.5, 0.6) is 0 Å². The number of rotatable bonds is 3. The summed E-state index contributed by atoms with van der Waals surface area (Å²) in [4.78, 5) is 14.8. The Morgan fingerprint density at radius 2 is 1.60 bits per heavy atom. The number of para-hydroxylation sites is 1. The van der Waals surface area contributed by atoms with Gasteiger partial charge < -0.3 is 4.42 Å². The molecule has 1 fully saturated rings. The van der Waals surface area contributed by atoms with Crippen molar-refractivity contribution in [1.29, 1.82) is 0 Å². The van der Waals surface area contributed by atoms with Crippen molar-refractivity contribution >= 4 is 46.0 Å². The maximum atomic E-state index is 12.7. The minimum absolute atomic E-state index is 0.126. The van der Waals surface area contributed by atoms with Gasteiger partial charge in [0.05, 0.1) is 10.6 Å². The molecule has 5 heteroatoms. The highest BCUT2D eigenvalue weighted by Gasteiger charge is 2.33. The van der Waals surface area contributed by atoms with Crippen molar-refractivity contribution in [3.63, 3.8) is 0 Å². The topological polar surface area (TPSA) is 33.5 Å². The number of benzene rings is 2. The molecule has 3 nitrogen and oxygen atoms in total. The number of furan rings is 1. The standard InChI is InChI=1S/C20H13NO2S2/c22-19-18(25-20(24)21(19)15-9-5-2-6-10-15)13-16-11-12-17(23-16)14-7-3-1-4-8-14/h1-13H/b18-13-. The highest BCUT2D eigenvalue weighted by molar-refractivity contribution is 8.27. The number of anilines is 1. The SMILES string of the molecule is O=C1/C(=C/c2ccc(-c3ccccc3)o2)SC(=S)N1c1ccccc1. The molecule has 2 aromatic carbocycles. The Balaban J connectivity index is 1.62. The summed E-state index contributed by atoms with van der Waals surface area (Å²) in [6.45, 7) is 0. The fourth-order valence-corrected chi connectivity index (χ4v) is 3.86. The summed E-state index contributed by atoms with van der Waals surface area (Å²) >= 11 is 6.66. The van der Waals surface area contributed by atoms with Crippen molar-refractivity contribution in [3.05, 3.63) is 83.5 Å². The van der Waals surface area contributed by atoms with E-state index in [0.29, 0.717) is 15.0 Å². The first-order valence-electron chi connectivity index (χ1n) is 7.70. The number of carbonyl (C=O) groups excluding carboxylic acids is 1. The molecule has 1 aliphatic heterocycles. The Morgan fingerprint density at radius 3 is 2.32 bits per heavy atom. The summed E-state index contributed by atoms with van der Waals surface area (Å²) in [5.41, 5.74) is 1.77. The van der Waals surface area contributed by atoms with Gasteiger partial charge in [0.2, 0.25) is 0 Å². The van der Waals surface area contributed by atoms with Gasteiger partial charge >= 0.3 is 0 Å². The highest BCUT2D eigenvalue weighted by Crippen LogP contribution is 2.36. The van der Waals surface area contributed by atoms with Crippen LogP contribution in [0.15, 0.2) is 82.1 Å². The fourth-order valence-electron chi connectivity index (χ4n) is 2.58. The van der Waals surface area contributed by atoms with Crippen molar-refractivity contribution in [2.45, 2.75) is 0 Å². The molecule has 0 atom stereocenters. The summed E-state index contributed by atoms with van der Waals surface area (Å²) in [7, 11) is 0. The van der Waals surface area contributed by atoms with Crippen LogP contribution in [-0.4, -0.2) is 10.2 Å². The van der Waals surface area contributed by atoms with Crippen molar-refractivity contribution in [1.82, 2.24) is 0 Å². The van der Waals surface area contributed by atoms with Gasteiger partial charge in [-0.1, -0.05) is 72.5 Å². The lowest BCUT2D eigenvalue weighted by Crippen LogP contribution is -2.27. The van der Waals surface area contributed by atoms with Crippen LogP contribution in [0.4, 0.5) is 5.69 Å². The van der Waals surface area contributed by atoms with E-state index >= 15 is 0 Å². The molecule has 0 saturated carbocycles. The van der Waals surface area contributed by atoms with E-state index < -0.39 is 0 Å². The molecular formula is C20H13NO2S2. The number of hydrogen-bond donors (Lipinski definition) is 0. The summed E-state index contributed by atoms with van der Waals surface area (Å²) in [6, 6.07) is 23.0. The summed E-state index contributed by atoms with van der Waals surface area (Å²) in [6.07, 6.45) is 1.74. The molecule has 0 bridgehead atoms. The van der Waals surface area contributed by atoms with Crippen LogP contribution in [-0.2, 0) is 4.79 Å². The molecule has 3 aromatic rings. The maximum Gasteiger partial charge on any atom is 0.270 e. The second-order valence-corrected chi connectivity index (χ2v) is 7.10. The van der Waals surface area contributed by atoms with E-state index in [-0.39, 0.29) is 5.91 Å². The van der Waals surface area contributed by atoms with E-state index in [0.717, 1.165) is 17.0 Å². The third-order valence-corrected chi connectivity index (χ3v) is 5.07. The Kier molecular flexibility index (Phi) is 4.26. The predicted octanol–water partition coefficient (Wildman–Crippen LogP) is 5.35. The van der Waals surface area contributed by atoms with Crippen LogP contribution >= 0.6 is 24.0 Å². The minimum atomic E-state index is -0.126. The van der Waals surface area contributed by atoms with Crippen LogP contribution in [0.1, 0.15) is 5.76 Å². The molecule has 0 unspecified atom stereocenters. The van der Waals surface area contributed by atoms with Gasteiger partial charge in [-0.15, -0.1) is 0 Å². The van der Waals surface area contributed by atoms with Gasteiger partial charge in [0.15, 0.2) is 4.32 Å². The Labute approximate surface area is 155 Å². The van der Waals surface area contributed by atoms with Crippen LogP contribution < -0.4 is 4.90 Å². The van der Waals surface area contributed by atoms with Gasteiger partial charge in [-0.2, -0.15) is 0 Å². The number of amides is 1. The number of thiocarbonyl (C=S) groups is 1. The number of carbonyl (C=O) groups is 1. The lowest BCUT2D eigenvalue weighted by atomic mass is 10.2. The van der Waals surface area contributed by atoms with E-state index in [1.165, 1.54) is 11.8 Å². The molecule has 25 heavy (non-hydrogen) atoms. The van der Waals surface area contributed by atoms with Gasteiger partial charge in [-0.25, -0.2) is 0 Å². The van der Waals surface area contributed by atoms with Crippen LogP contribution in [0.2, 0.25) is 0 Å². The number of thioether (sulfide) groups is 1. The summed E-state index contributed by atoms with van der Waals surface area (Å²) in [5.74, 6) is 1.27. The van der Waals surface area contributed by atoms with Crippen molar-refractivity contribution in [3.8, 4) is 11.3 Å². The second kappa shape index (κ2) is 6.70. The van der Waals surface area contributed by atoms with E-state index in [9.17, 15) is 4.79 Å². The highest BCUT2D eigenvalue weighted by atomic mass is 32.2. The van der Waals surface area contributed by atoms with Crippen molar-refractivity contribution in [2.75, 3.05) is 4.90 Å². The lowest BCUT2D eigenvalue weighted by Gasteiger charge is -2.13. The van der Waals surface area contributed by atoms with E-state index in [2.05, 4.69) is 0 Å². The maximum absolute atomic E-state index is 12.7. The zero-order valence-electron chi connectivity index (χ0n) is 13.1. The molecule has 0 N–H and O–H groups in total. The Hall–Kier alpha value is -2.63. The smallest absolute Gasteiger partial charge is 0.270 e. The first-order chi connectivity index (χ1) is 12.2. The first-order valence-corrected chi connectivity index (χ1v) is 8.93. The molecular weight excluding hydrogens is 350 g/mol. The molecule has 2 heterocycles. The molecule has 1 saturated heterocycles. The first kappa shape index (κ1) is 15.9. The normalized spacial score (nSPS) is 16.0. The average molecular weight is 363 g/mol. The Bertz CT molecular complexity index is 962. The molecule has 0 spiro atoms. The van der Waals surface area contributed by atoms with Crippen molar-refractivity contribution < 1.29 is 9.21 Å². The van der Waals surface area contributed by atoms with Crippen molar-refractivity contribution in [2.24, 2.45) is 0 Å². The van der Waals surface area contributed by atoms with Gasteiger partial charge in [0, 0.05) is 11.6 Å². The molecule has 1 aromatic heterocycles. The van der Waals surface area contributed by atoms with Gasteiger partial charge in [0.25, 0.3) is 5.91 Å². The van der Waals surface area contributed by atoms with Gasteiger partial charge in [0.1, 0.15) is 11.5 Å². The molecule has 0 aliphatic carbocycles. The molecule has 0 radical (unpaired) electrons. The largest absolute Gasteiger partial charge is 0.457 e. The zero-order chi connectivity index (χ0) is 17.2. The second-order valence-electron chi connectivity index (χ2n) is 5.42. The molecule has 1 aliphatic rings. The number of hydrogen-bond acceptors (Lipinski definition) is 4. The monoisotopic (exact) mass is 363 g/mol. The predicted molar refractivity (Wildman–Crippen MR) is 106 cm³/mol. The summed E-state index contributed by atoms with van der Waals surface area (Å²) in [5, 5.41) is 0. The van der Waals surface area contributed by atoms with Crippen LogP contribution in [0.25, 0.3) is 17.4 Å². The van der Waals surface area contributed by atoms with E-state index in [4.69, 9.17) is 16.6 Å². The van der Waals surface area contributed by atoms with E-state index in [1.807, 2.05) is 72.8 Å². The third-order valence-electron chi connectivity index (χ3n) is 3.77. The number of nitrogens with zero attached hydrogens (tertiary/aromatic N) is 1. The average Bonchev–Trinajstić information content (AvgIpc) is 3.22. The summed E-state index contributed by atoms with van der Waals surface area (Å²) < 4.78 is 6.38. The molecule has 122 valence electrons. The molecule has 4 rings (SSSR count). The van der Waals surface area contributed by atoms with E-state index in [1.54, 1.807) is 11.0 Å². The minimum Gasteiger partial charge on any atom is -0.457 e.